The van der Waals surface area contributed by atoms with E-state index in [0.717, 1.165) is 0 Å². The summed E-state index contributed by atoms with van der Waals surface area (Å²) in [4.78, 5) is 49.9. The predicted octanol–water partition coefficient (Wildman–Crippen LogP) is 0.566. The number of esters is 4. The molecule has 4 rings (SSSR count). The molecular formula is C25H30O11. The van der Waals surface area contributed by atoms with Crippen molar-refractivity contribution in [3.05, 3.63) is 34.9 Å². The molecular weight excluding hydrogens is 476 g/mol. The number of carbonyl (C=O) groups excluding carboxylic acids is 4. The van der Waals surface area contributed by atoms with Gasteiger partial charge in [-0.25, -0.2) is 14.4 Å². The molecule has 0 unspecified atom stereocenters. The fourth-order valence-electron chi connectivity index (χ4n) is 5.34. The van der Waals surface area contributed by atoms with Gasteiger partial charge in [0.15, 0.2) is 6.10 Å². The van der Waals surface area contributed by atoms with Crippen molar-refractivity contribution in [2.75, 3.05) is 13.2 Å². The van der Waals surface area contributed by atoms with Gasteiger partial charge in [-0.05, 0) is 33.6 Å². The second-order valence-electron chi connectivity index (χ2n) is 9.93. The molecule has 2 N–H and O–H groups in total. The molecule has 6 atom stereocenters. The third-order valence-corrected chi connectivity index (χ3v) is 7.55. The second kappa shape index (κ2) is 8.82. The van der Waals surface area contributed by atoms with Crippen LogP contribution in [0.3, 0.4) is 0 Å². The Balaban J connectivity index is 1.88. The molecule has 3 aliphatic heterocycles. The number of epoxide rings is 1. The fourth-order valence-corrected chi connectivity index (χ4v) is 5.34. The van der Waals surface area contributed by atoms with Crippen molar-refractivity contribution in [2.45, 2.75) is 82.1 Å². The van der Waals surface area contributed by atoms with E-state index in [2.05, 4.69) is 6.58 Å². The van der Waals surface area contributed by atoms with Gasteiger partial charge in [0.05, 0.1) is 28.9 Å². The van der Waals surface area contributed by atoms with Crippen LogP contribution in [-0.4, -0.2) is 82.4 Å². The molecule has 4 aliphatic rings. The average Bonchev–Trinajstić information content (AvgIpc) is 3.30. The molecule has 3 fully saturated rings. The number of rotatable bonds is 5. The Morgan fingerprint density at radius 1 is 1.22 bits per heavy atom. The summed E-state index contributed by atoms with van der Waals surface area (Å²) in [5.74, 6) is -3.08. The van der Waals surface area contributed by atoms with E-state index in [1.54, 1.807) is 13.8 Å². The van der Waals surface area contributed by atoms with E-state index in [-0.39, 0.29) is 35.1 Å². The lowest BCUT2D eigenvalue weighted by atomic mass is 9.71. The third-order valence-electron chi connectivity index (χ3n) is 7.55. The number of ether oxygens (including phenoxy) is 5. The van der Waals surface area contributed by atoms with E-state index >= 15 is 0 Å². The molecule has 0 amide bonds. The maximum atomic E-state index is 12.9. The Bertz CT molecular complexity index is 1100. The molecule has 3 heterocycles. The first-order valence-corrected chi connectivity index (χ1v) is 11.7. The predicted molar refractivity (Wildman–Crippen MR) is 120 cm³/mol. The van der Waals surface area contributed by atoms with Crippen LogP contribution in [0.4, 0.5) is 0 Å². The van der Waals surface area contributed by atoms with Crippen LogP contribution in [-0.2, 0) is 42.9 Å². The smallest absolute Gasteiger partial charge is 0.338 e. The van der Waals surface area contributed by atoms with Crippen molar-refractivity contribution < 1.29 is 53.1 Å². The molecule has 1 saturated carbocycles. The monoisotopic (exact) mass is 506 g/mol. The minimum absolute atomic E-state index is 0.0382. The largest absolute Gasteiger partial charge is 0.461 e. The third kappa shape index (κ3) is 4.04. The van der Waals surface area contributed by atoms with E-state index in [1.807, 2.05) is 0 Å². The van der Waals surface area contributed by atoms with E-state index < -0.39 is 72.2 Å². The lowest BCUT2D eigenvalue weighted by molar-refractivity contribution is -0.166. The average molecular weight is 507 g/mol. The number of hydrogen-bond donors (Lipinski definition) is 2. The van der Waals surface area contributed by atoms with E-state index in [9.17, 15) is 29.4 Å². The van der Waals surface area contributed by atoms with Gasteiger partial charge in [-0.2, -0.15) is 0 Å². The van der Waals surface area contributed by atoms with Gasteiger partial charge in [0.2, 0.25) is 0 Å². The summed E-state index contributed by atoms with van der Waals surface area (Å²) in [6.45, 7) is 8.47. The van der Waals surface area contributed by atoms with Crippen LogP contribution in [0.1, 0.15) is 47.0 Å². The second-order valence-corrected chi connectivity index (χ2v) is 9.93. The molecule has 11 heteroatoms. The van der Waals surface area contributed by atoms with Crippen LogP contribution in [0.2, 0.25) is 0 Å². The molecule has 0 bridgehead atoms. The Hall–Kier alpha value is -3.02. The first-order chi connectivity index (χ1) is 16.8. The van der Waals surface area contributed by atoms with Crippen LogP contribution in [0.5, 0.6) is 0 Å². The molecule has 0 aromatic heterocycles. The van der Waals surface area contributed by atoms with Gasteiger partial charge in [-0.1, -0.05) is 12.7 Å². The first-order valence-electron chi connectivity index (χ1n) is 11.7. The number of allylic oxidation sites excluding steroid dienone is 1. The summed E-state index contributed by atoms with van der Waals surface area (Å²) in [5, 5.41) is 21.2. The van der Waals surface area contributed by atoms with E-state index in [1.165, 1.54) is 19.9 Å². The van der Waals surface area contributed by atoms with Gasteiger partial charge in [0.25, 0.3) is 0 Å². The molecule has 196 valence electrons. The molecule has 0 aromatic carbocycles. The molecule has 36 heavy (non-hydrogen) atoms. The Morgan fingerprint density at radius 3 is 2.53 bits per heavy atom. The highest BCUT2D eigenvalue weighted by atomic mass is 16.7. The van der Waals surface area contributed by atoms with Crippen molar-refractivity contribution in [3.63, 3.8) is 0 Å². The van der Waals surface area contributed by atoms with Crippen LogP contribution in [0, 0.1) is 0 Å². The lowest BCUT2D eigenvalue weighted by Crippen LogP contribution is -2.53. The Kier molecular flexibility index (Phi) is 6.39. The van der Waals surface area contributed by atoms with Crippen molar-refractivity contribution in [1.82, 2.24) is 0 Å². The van der Waals surface area contributed by atoms with Gasteiger partial charge in [-0.3, -0.25) is 4.79 Å². The number of fused-ring (bicyclic) bond motifs is 4. The Morgan fingerprint density at radius 2 is 1.92 bits per heavy atom. The Labute approximate surface area is 207 Å². The SMILES string of the molecule is C=C(CO)C(=O)O[C@H]1C[C@@]2(C)OC(=O)/C(=C\C)[C@]2(O)CC[C@@]2(C)O[C@@H]2[C@H]2OC(=O)C(COC(C)=O)=C12. The summed E-state index contributed by atoms with van der Waals surface area (Å²) < 4.78 is 28.0. The van der Waals surface area contributed by atoms with Crippen molar-refractivity contribution in [2.24, 2.45) is 0 Å². The summed E-state index contributed by atoms with van der Waals surface area (Å²) in [5.41, 5.74) is -4.19. The normalized spacial score (nSPS) is 38.4. The maximum Gasteiger partial charge on any atom is 0.338 e. The fraction of sp³-hybridized carbons (Fsp3) is 0.600. The summed E-state index contributed by atoms with van der Waals surface area (Å²) in [6, 6.07) is 0. The van der Waals surface area contributed by atoms with Gasteiger partial charge >= 0.3 is 23.9 Å². The van der Waals surface area contributed by atoms with Crippen LogP contribution >= 0.6 is 0 Å². The highest BCUT2D eigenvalue weighted by Gasteiger charge is 2.68. The molecule has 2 saturated heterocycles. The zero-order valence-electron chi connectivity index (χ0n) is 20.6. The van der Waals surface area contributed by atoms with Gasteiger partial charge < -0.3 is 33.9 Å². The number of aliphatic hydroxyl groups excluding tert-OH is 1. The number of carbonyl (C=O) groups is 4. The maximum absolute atomic E-state index is 12.9. The van der Waals surface area contributed by atoms with Crippen LogP contribution in [0.15, 0.2) is 34.9 Å². The topological polar surface area (TPSA) is 158 Å². The number of aliphatic hydroxyl groups is 2. The van der Waals surface area contributed by atoms with Crippen molar-refractivity contribution in [1.29, 1.82) is 0 Å². The molecule has 0 aromatic rings. The quantitative estimate of drug-likeness (QED) is 0.232. The summed E-state index contributed by atoms with van der Waals surface area (Å²) in [7, 11) is 0. The zero-order valence-corrected chi connectivity index (χ0v) is 20.6. The highest BCUT2D eigenvalue weighted by Crippen LogP contribution is 2.55. The molecule has 1 aliphatic carbocycles. The van der Waals surface area contributed by atoms with Crippen LogP contribution in [0.25, 0.3) is 0 Å². The summed E-state index contributed by atoms with van der Waals surface area (Å²) in [6.07, 6.45) is -1.26. The van der Waals surface area contributed by atoms with E-state index in [0.29, 0.717) is 6.42 Å². The summed E-state index contributed by atoms with van der Waals surface area (Å²) >= 11 is 0. The van der Waals surface area contributed by atoms with Gasteiger partial charge in [0.1, 0.15) is 30.0 Å². The van der Waals surface area contributed by atoms with Crippen molar-refractivity contribution in [3.8, 4) is 0 Å². The standard InChI is InChI=1S/C25H30O11/c1-6-15-22(30)36-24(5)9-16(33-20(28)12(2)10-26)17-14(11-32-13(3)27)21(29)34-18(17)19-23(4,35-19)7-8-25(15,24)31/h6,16,18-19,26,31H,2,7-11H2,1,3-5H3/b15-6+/t16-,18-,19+,23+,24+,25+/m0/s1. The lowest BCUT2D eigenvalue weighted by Gasteiger charge is -2.40. The number of hydrogen-bond acceptors (Lipinski definition) is 11. The first kappa shape index (κ1) is 26.1. The minimum Gasteiger partial charge on any atom is -0.461 e. The van der Waals surface area contributed by atoms with Crippen molar-refractivity contribution >= 4 is 23.9 Å². The van der Waals surface area contributed by atoms with Gasteiger partial charge in [-0.15, -0.1) is 0 Å². The molecule has 0 radical (unpaired) electrons. The van der Waals surface area contributed by atoms with Crippen LogP contribution < -0.4 is 0 Å². The highest BCUT2D eigenvalue weighted by molar-refractivity contribution is 5.95. The zero-order chi connectivity index (χ0) is 26.6. The molecule has 0 spiro atoms. The minimum atomic E-state index is -1.76. The van der Waals surface area contributed by atoms with Gasteiger partial charge in [0, 0.05) is 18.9 Å². The molecule has 11 nitrogen and oxygen atoms in total. The van der Waals surface area contributed by atoms with E-state index in [4.69, 9.17) is 23.7 Å².